The van der Waals surface area contributed by atoms with Gasteiger partial charge >= 0.3 is 13.3 Å². The lowest BCUT2D eigenvalue weighted by Gasteiger charge is -2.32. The quantitative estimate of drug-likeness (QED) is 0.436. The van der Waals surface area contributed by atoms with Gasteiger partial charge in [0.25, 0.3) is 0 Å². The SMILES string of the molecule is CC(C)Cn1cc([C@H](NS(=O)(=O)C2CC2)C(F)(F)F)c2cc(F)c(B3OC(C)(C)C(C)(C)O3)cc21. The molecule has 35 heavy (non-hydrogen) atoms. The number of nitrogens with one attached hydrogen (secondary N) is 1. The van der Waals surface area contributed by atoms with Crippen molar-refractivity contribution in [1.82, 2.24) is 9.29 Å². The number of benzene rings is 1. The summed E-state index contributed by atoms with van der Waals surface area (Å²) in [5.41, 5.74) is -1.37. The highest BCUT2D eigenvalue weighted by Gasteiger charge is 2.53. The monoisotopic (exact) mass is 518 g/mol. The first kappa shape index (κ1) is 26.4. The van der Waals surface area contributed by atoms with E-state index in [-0.39, 0.29) is 22.3 Å². The van der Waals surface area contributed by atoms with E-state index in [1.807, 2.05) is 46.3 Å². The molecule has 0 spiro atoms. The molecule has 0 radical (unpaired) electrons. The van der Waals surface area contributed by atoms with E-state index >= 15 is 4.39 Å². The fourth-order valence-electron chi connectivity index (χ4n) is 4.22. The molecular formula is C23H31BF4N2O4S. The molecule has 1 aliphatic carbocycles. The molecule has 4 rings (SSSR count). The van der Waals surface area contributed by atoms with Gasteiger partial charge in [-0.15, -0.1) is 0 Å². The zero-order valence-corrected chi connectivity index (χ0v) is 21.5. The second kappa shape index (κ2) is 8.46. The molecule has 2 aliphatic rings. The number of hydrogen-bond acceptors (Lipinski definition) is 4. The van der Waals surface area contributed by atoms with Gasteiger partial charge in [0.2, 0.25) is 10.0 Å². The number of hydrogen-bond donors (Lipinski definition) is 1. The lowest BCUT2D eigenvalue weighted by atomic mass is 9.78. The van der Waals surface area contributed by atoms with Crippen molar-refractivity contribution < 1.29 is 35.3 Å². The number of aromatic nitrogens is 1. The molecule has 1 atom stereocenters. The Morgan fingerprint density at radius 2 is 1.71 bits per heavy atom. The van der Waals surface area contributed by atoms with Crippen molar-refractivity contribution in [3.8, 4) is 0 Å². The molecular weight excluding hydrogens is 487 g/mol. The van der Waals surface area contributed by atoms with E-state index in [1.165, 1.54) is 12.3 Å². The zero-order chi connectivity index (χ0) is 26.1. The highest BCUT2D eigenvalue weighted by molar-refractivity contribution is 7.90. The molecule has 1 aliphatic heterocycles. The lowest BCUT2D eigenvalue weighted by molar-refractivity contribution is -0.152. The third-order valence-corrected chi connectivity index (χ3v) is 8.90. The molecule has 0 amide bonds. The number of nitrogens with zero attached hydrogens (tertiary/aromatic N) is 1. The van der Waals surface area contributed by atoms with Crippen molar-refractivity contribution in [2.24, 2.45) is 5.92 Å². The van der Waals surface area contributed by atoms with Crippen LogP contribution in [-0.4, -0.2) is 42.7 Å². The molecule has 2 heterocycles. The first-order valence-electron chi connectivity index (χ1n) is 11.7. The van der Waals surface area contributed by atoms with E-state index in [0.717, 1.165) is 6.07 Å². The van der Waals surface area contributed by atoms with E-state index in [4.69, 9.17) is 9.31 Å². The van der Waals surface area contributed by atoms with Crippen LogP contribution in [0.3, 0.4) is 0 Å². The largest absolute Gasteiger partial charge is 0.497 e. The van der Waals surface area contributed by atoms with E-state index in [2.05, 4.69) is 0 Å². The highest BCUT2D eigenvalue weighted by atomic mass is 32.2. The molecule has 1 aromatic carbocycles. The minimum atomic E-state index is -4.92. The van der Waals surface area contributed by atoms with E-state index in [0.29, 0.717) is 24.9 Å². The summed E-state index contributed by atoms with van der Waals surface area (Å²) in [6.45, 7) is 11.4. The van der Waals surface area contributed by atoms with Gasteiger partial charge in [-0.3, -0.25) is 0 Å². The molecule has 1 saturated carbocycles. The molecule has 6 nitrogen and oxygen atoms in total. The van der Waals surface area contributed by atoms with Gasteiger partial charge in [0.05, 0.1) is 16.5 Å². The van der Waals surface area contributed by atoms with Crippen LogP contribution in [0, 0.1) is 11.7 Å². The smallest absolute Gasteiger partial charge is 0.399 e. The van der Waals surface area contributed by atoms with E-state index < -0.39 is 51.6 Å². The van der Waals surface area contributed by atoms with Crippen LogP contribution >= 0.6 is 0 Å². The van der Waals surface area contributed by atoms with Gasteiger partial charge in [0, 0.05) is 34.7 Å². The van der Waals surface area contributed by atoms with Crippen LogP contribution in [0.25, 0.3) is 10.9 Å². The summed E-state index contributed by atoms with van der Waals surface area (Å²) < 4.78 is 98.1. The second-order valence-electron chi connectivity index (χ2n) is 10.9. The Morgan fingerprint density at radius 3 is 2.20 bits per heavy atom. The summed E-state index contributed by atoms with van der Waals surface area (Å²) in [5, 5.41) is -0.840. The van der Waals surface area contributed by atoms with Crippen LogP contribution in [0.15, 0.2) is 18.3 Å². The Hall–Kier alpha value is -1.63. The number of alkyl halides is 3. The summed E-state index contributed by atoms with van der Waals surface area (Å²) in [6.07, 6.45) is -3.01. The van der Waals surface area contributed by atoms with Gasteiger partial charge in [-0.25, -0.2) is 12.8 Å². The van der Waals surface area contributed by atoms with Crippen molar-refractivity contribution >= 4 is 33.5 Å². The predicted molar refractivity (Wildman–Crippen MR) is 126 cm³/mol. The zero-order valence-electron chi connectivity index (χ0n) is 20.7. The van der Waals surface area contributed by atoms with Crippen molar-refractivity contribution in [2.45, 2.75) is 89.6 Å². The fourth-order valence-corrected chi connectivity index (χ4v) is 5.76. The van der Waals surface area contributed by atoms with Crippen molar-refractivity contribution in [3.05, 3.63) is 29.7 Å². The Labute approximate surface area is 203 Å². The van der Waals surface area contributed by atoms with Crippen LogP contribution in [-0.2, 0) is 25.9 Å². The highest BCUT2D eigenvalue weighted by Crippen LogP contribution is 2.41. The summed E-state index contributed by atoms with van der Waals surface area (Å²) in [6, 6.07) is -0.0285. The summed E-state index contributed by atoms with van der Waals surface area (Å²) >= 11 is 0. The maximum Gasteiger partial charge on any atom is 0.497 e. The molecule has 1 N–H and O–H groups in total. The van der Waals surface area contributed by atoms with Crippen molar-refractivity contribution in [3.63, 3.8) is 0 Å². The Bertz CT molecular complexity index is 1220. The van der Waals surface area contributed by atoms with E-state index in [1.54, 1.807) is 4.57 Å². The first-order valence-corrected chi connectivity index (χ1v) is 13.2. The molecule has 2 aromatic rings. The van der Waals surface area contributed by atoms with Crippen LogP contribution in [0.4, 0.5) is 17.6 Å². The molecule has 194 valence electrons. The number of sulfonamides is 1. The van der Waals surface area contributed by atoms with Crippen LogP contribution in [0.5, 0.6) is 0 Å². The Kier molecular flexibility index (Phi) is 6.39. The molecule has 1 saturated heterocycles. The van der Waals surface area contributed by atoms with Gasteiger partial charge < -0.3 is 13.9 Å². The van der Waals surface area contributed by atoms with Gasteiger partial charge in [-0.1, -0.05) is 13.8 Å². The molecule has 1 aromatic heterocycles. The van der Waals surface area contributed by atoms with Crippen molar-refractivity contribution in [2.75, 3.05) is 0 Å². The topological polar surface area (TPSA) is 69.6 Å². The minimum Gasteiger partial charge on any atom is -0.399 e. The molecule has 12 heteroatoms. The van der Waals surface area contributed by atoms with Gasteiger partial charge in [0.1, 0.15) is 11.9 Å². The van der Waals surface area contributed by atoms with Gasteiger partial charge in [-0.2, -0.15) is 17.9 Å². The first-order chi connectivity index (χ1) is 15.9. The Balaban J connectivity index is 1.85. The number of fused-ring (bicyclic) bond motifs is 1. The van der Waals surface area contributed by atoms with Crippen LogP contribution in [0.1, 0.15) is 66.0 Å². The normalized spacial score (nSPS) is 21.3. The van der Waals surface area contributed by atoms with Gasteiger partial charge in [0.15, 0.2) is 0 Å². The Morgan fingerprint density at radius 1 is 1.14 bits per heavy atom. The van der Waals surface area contributed by atoms with Gasteiger partial charge in [-0.05, 0) is 58.6 Å². The summed E-state index contributed by atoms with van der Waals surface area (Å²) in [5.74, 6) is -0.721. The van der Waals surface area contributed by atoms with Crippen molar-refractivity contribution in [1.29, 1.82) is 0 Å². The van der Waals surface area contributed by atoms with Crippen LogP contribution in [0.2, 0.25) is 0 Å². The number of rotatable bonds is 7. The van der Waals surface area contributed by atoms with E-state index in [9.17, 15) is 21.6 Å². The second-order valence-corrected chi connectivity index (χ2v) is 12.9. The molecule has 0 unspecified atom stereocenters. The maximum atomic E-state index is 15.4. The third kappa shape index (κ3) is 4.99. The fraction of sp³-hybridized carbons (Fsp3) is 0.652. The minimum absolute atomic E-state index is 0.00996. The van der Waals surface area contributed by atoms with Crippen LogP contribution < -0.4 is 10.2 Å². The average molecular weight is 518 g/mol. The maximum absolute atomic E-state index is 15.4. The average Bonchev–Trinajstić information content (AvgIpc) is 3.45. The summed E-state index contributed by atoms with van der Waals surface area (Å²) in [7, 11) is -5.21. The standard InChI is InChI=1S/C23H31BF4N2O4S/c1-13(2)11-30-12-16(20(23(26,27)28)29-35(31,32)14-7-8-14)15-9-18(25)17(10-19(15)30)24-33-21(3,4)22(5,6)34-24/h9-10,12-14,20,29H,7-8,11H2,1-6H3/t20-/m0/s1. The lowest BCUT2D eigenvalue weighted by Crippen LogP contribution is -2.41. The summed E-state index contributed by atoms with van der Waals surface area (Å²) in [4.78, 5) is 0. The molecule has 0 bridgehead atoms. The molecule has 2 fully saturated rings. The third-order valence-electron chi connectivity index (χ3n) is 6.98. The predicted octanol–water partition coefficient (Wildman–Crippen LogP) is 4.42. The number of halogens is 4.